The van der Waals surface area contributed by atoms with Crippen LogP contribution < -0.4 is 5.32 Å². The van der Waals surface area contributed by atoms with Crippen LogP contribution in [0.4, 0.5) is 0 Å². The lowest BCUT2D eigenvalue weighted by Crippen LogP contribution is -2.42. The van der Waals surface area contributed by atoms with Gasteiger partial charge in [0.05, 0.1) is 5.60 Å². The van der Waals surface area contributed by atoms with Gasteiger partial charge >= 0.3 is 5.97 Å². The number of aliphatic hydroxyl groups is 1. The quantitative estimate of drug-likeness (QED) is 0.502. The third-order valence-electron chi connectivity index (χ3n) is 2.59. The summed E-state index contributed by atoms with van der Waals surface area (Å²) >= 11 is 0. The van der Waals surface area contributed by atoms with Crippen LogP contribution in [0.2, 0.25) is 0 Å². The van der Waals surface area contributed by atoms with E-state index in [1.165, 1.54) is 18.2 Å². The van der Waals surface area contributed by atoms with E-state index in [0.717, 1.165) is 0 Å². The highest BCUT2D eigenvalue weighted by molar-refractivity contribution is 5.83. The molecule has 0 fully saturated rings. The number of aromatic hydroxyl groups is 2. The molecule has 0 aromatic heterocycles. The van der Waals surface area contributed by atoms with Gasteiger partial charge in [0.15, 0.2) is 11.5 Å². The zero-order chi connectivity index (χ0) is 18.9. The van der Waals surface area contributed by atoms with Crippen LogP contribution in [-0.2, 0) is 16.0 Å². The second-order valence-electron chi connectivity index (χ2n) is 6.41. The fourth-order valence-electron chi connectivity index (χ4n) is 1.63. The number of carboxylic acid groups (broad SMARTS) is 1. The van der Waals surface area contributed by atoms with Crippen molar-refractivity contribution in [2.45, 2.75) is 58.6 Å². The maximum Gasteiger partial charge on any atom is 0.326 e. The normalized spacial score (nSPS) is 11.9. The minimum absolute atomic E-state index is 0.0403. The third kappa shape index (κ3) is 10.4. The predicted molar refractivity (Wildman–Crippen MR) is 89.9 cm³/mol. The number of aliphatic carboxylic acids is 1. The second kappa shape index (κ2) is 9.77. The summed E-state index contributed by atoms with van der Waals surface area (Å²) in [4.78, 5) is 22.5. The summed E-state index contributed by atoms with van der Waals surface area (Å²) in [6.07, 6.45) is 0.946. The standard InChI is InChI=1S/C13H17NO5.C4H10O/c1-2-3-12(17)14-9(13(18)19)6-8-4-5-10(15)11(16)7-8;1-4(2,3)5/h4-5,7,9,15-16H,2-3,6H2,1H3,(H,14,17)(H,18,19);5H,1-3H3. The summed E-state index contributed by atoms with van der Waals surface area (Å²) in [5.74, 6) is -2.05. The summed E-state index contributed by atoms with van der Waals surface area (Å²) in [5.41, 5.74) is 0.0134. The molecular weight excluding hydrogens is 314 g/mol. The predicted octanol–water partition coefficient (Wildman–Crippen LogP) is 1.79. The SMILES string of the molecule is CC(C)(C)O.CCCC(=O)NC(Cc1ccc(O)c(O)c1)C(=O)O. The summed E-state index contributed by atoms with van der Waals surface area (Å²) in [6.45, 7) is 7.06. The summed E-state index contributed by atoms with van der Waals surface area (Å²) in [5, 5.41) is 38.5. The van der Waals surface area contributed by atoms with E-state index < -0.39 is 17.6 Å². The number of carboxylic acids is 1. The molecule has 24 heavy (non-hydrogen) atoms. The maximum atomic E-state index is 11.4. The first-order valence-corrected chi connectivity index (χ1v) is 7.69. The molecule has 0 aliphatic heterocycles. The van der Waals surface area contributed by atoms with Crippen molar-refractivity contribution < 1.29 is 30.0 Å². The summed E-state index contributed by atoms with van der Waals surface area (Å²) < 4.78 is 0. The molecule has 0 aliphatic carbocycles. The van der Waals surface area contributed by atoms with E-state index in [1.807, 2.05) is 6.92 Å². The van der Waals surface area contributed by atoms with Crippen LogP contribution in [0.25, 0.3) is 0 Å². The fourth-order valence-corrected chi connectivity index (χ4v) is 1.63. The van der Waals surface area contributed by atoms with Gasteiger partial charge in [-0.05, 0) is 44.9 Å². The Kier molecular flexibility index (Phi) is 8.84. The van der Waals surface area contributed by atoms with E-state index >= 15 is 0 Å². The number of amides is 1. The zero-order valence-corrected chi connectivity index (χ0v) is 14.5. The molecule has 0 saturated heterocycles. The largest absolute Gasteiger partial charge is 0.504 e. The average molecular weight is 341 g/mol. The smallest absolute Gasteiger partial charge is 0.326 e. The molecule has 7 nitrogen and oxygen atoms in total. The van der Waals surface area contributed by atoms with Crippen LogP contribution in [0.1, 0.15) is 46.1 Å². The van der Waals surface area contributed by atoms with Crippen LogP contribution >= 0.6 is 0 Å². The first-order chi connectivity index (χ1) is 10.9. The highest BCUT2D eigenvalue weighted by atomic mass is 16.4. The molecule has 5 N–H and O–H groups in total. The zero-order valence-electron chi connectivity index (χ0n) is 14.5. The number of phenolic OH excluding ortho intramolecular Hbond substituents is 2. The van der Waals surface area contributed by atoms with Crippen LogP contribution in [0, 0.1) is 0 Å². The van der Waals surface area contributed by atoms with Gasteiger partial charge in [-0.25, -0.2) is 4.79 Å². The van der Waals surface area contributed by atoms with E-state index in [4.69, 9.17) is 15.3 Å². The lowest BCUT2D eigenvalue weighted by molar-refractivity contribution is -0.141. The van der Waals surface area contributed by atoms with E-state index in [-0.39, 0.29) is 30.2 Å². The number of hydrogen-bond donors (Lipinski definition) is 5. The van der Waals surface area contributed by atoms with Gasteiger partial charge in [0.1, 0.15) is 6.04 Å². The molecule has 0 saturated carbocycles. The Morgan fingerprint density at radius 2 is 1.71 bits per heavy atom. The Balaban J connectivity index is 0.000000922. The van der Waals surface area contributed by atoms with Gasteiger partial charge in [0, 0.05) is 12.8 Å². The molecule has 1 rings (SSSR count). The van der Waals surface area contributed by atoms with E-state index in [2.05, 4.69) is 5.32 Å². The van der Waals surface area contributed by atoms with Crippen molar-refractivity contribution in [3.63, 3.8) is 0 Å². The molecule has 1 aromatic rings. The van der Waals surface area contributed by atoms with Crippen molar-refractivity contribution in [3.8, 4) is 11.5 Å². The molecule has 1 amide bonds. The maximum absolute atomic E-state index is 11.4. The van der Waals surface area contributed by atoms with Crippen LogP contribution in [0.5, 0.6) is 11.5 Å². The highest BCUT2D eigenvalue weighted by Gasteiger charge is 2.20. The number of carbonyl (C=O) groups excluding carboxylic acids is 1. The van der Waals surface area contributed by atoms with Gasteiger partial charge in [0.25, 0.3) is 0 Å². The van der Waals surface area contributed by atoms with Crippen molar-refractivity contribution in [3.05, 3.63) is 23.8 Å². The van der Waals surface area contributed by atoms with Gasteiger partial charge in [-0.3, -0.25) is 4.79 Å². The van der Waals surface area contributed by atoms with Crippen molar-refractivity contribution >= 4 is 11.9 Å². The Morgan fingerprint density at radius 1 is 1.17 bits per heavy atom. The van der Waals surface area contributed by atoms with Crippen molar-refractivity contribution in [1.29, 1.82) is 0 Å². The second-order valence-corrected chi connectivity index (χ2v) is 6.41. The molecule has 1 unspecified atom stereocenters. The topological polar surface area (TPSA) is 127 Å². The first kappa shape index (κ1) is 21.7. The summed E-state index contributed by atoms with van der Waals surface area (Å²) in [7, 11) is 0. The minimum atomic E-state index is -1.14. The van der Waals surface area contributed by atoms with E-state index in [1.54, 1.807) is 20.8 Å². The molecule has 1 aromatic carbocycles. The average Bonchev–Trinajstić information content (AvgIpc) is 2.40. The van der Waals surface area contributed by atoms with Gasteiger partial charge < -0.3 is 25.7 Å². The number of rotatable bonds is 6. The van der Waals surface area contributed by atoms with Crippen LogP contribution in [-0.4, -0.2) is 43.9 Å². The molecule has 0 radical (unpaired) electrons. The third-order valence-corrected chi connectivity index (χ3v) is 2.59. The number of nitrogens with one attached hydrogen (secondary N) is 1. The number of hydrogen-bond acceptors (Lipinski definition) is 5. The Bertz CT molecular complexity index is 545. The van der Waals surface area contributed by atoms with Gasteiger partial charge in [-0.15, -0.1) is 0 Å². The van der Waals surface area contributed by atoms with E-state index in [0.29, 0.717) is 12.0 Å². The fraction of sp³-hybridized carbons (Fsp3) is 0.529. The molecule has 0 bridgehead atoms. The van der Waals surface area contributed by atoms with Crippen molar-refractivity contribution in [1.82, 2.24) is 5.32 Å². The van der Waals surface area contributed by atoms with Gasteiger partial charge in [-0.1, -0.05) is 13.0 Å². The molecule has 0 spiro atoms. The minimum Gasteiger partial charge on any atom is -0.504 e. The molecule has 7 heteroatoms. The Labute approximate surface area is 142 Å². The Morgan fingerprint density at radius 3 is 2.12 bits per heavy atom. The lowest BCUT2D eigenvalue weighted by Gasteiger charge is -2.14. The Hall–Kier alpha value is -2.28. The van der Waals surface area contributed by atoms with Gasteiger partial charge in [-0.2, -0.15) is 0 Å². The van der Waals surface area contributed by atoms with Gasteiger partial charge in [0.2, 0.25) is 5.91 Å². The van der Waals surface area contributed by atoms with Crippen LogP contribution in [0.15, 0.2) is 18.2 Å². The van der Waals surface area contributed by atoms with Crippen LogP contribution in [0.3, 0.4) is 0 Å². The van der Waals surface area contributed by atoms with E-state index in [9.17, 15) is 14.7 Å². The van der Waals surface area contributed by atoms with Crippen molar-refractivity contribution in [2.75, 3.05) is 0 Å². The molecule has 1 atom stereocenters. The molecular formula is C17H27NO6. The first-order valence-electron chi connectivity index (χ1n) is 7.69. The van der Waals surface area contributed by atoms with Crippen molar-refractivity contribution in [2.24, 2.45) is 0 Å². The lowest BCUT2D eigenvalue weighted by atomic mass is 10.0. The number of phenols is 2. The summed E-state index contributed by atoms with van der Waals surface area (Å²) in [6, 6.07) is 2.99. The number of benzene rings is 1. The molecule has 136 valence electrons. The molecule has 0 aliphatic rings. The molecule has 0 heterocycles. The highest BCUT2D eigenvalue weighted by Crippen LogP contribution is 2.25. The number of carbonyl (C=O) groups is 2. The monoisotopic (exact) mass is 341 g/mol.